The fourth-order valence-corrected chi connectivity index (χ4v) is 4.85. The molecule has 14 heteroatoms. The lowest BCUT2D eigenvalue weighted by atomic mass is 10.0. The van der Waals surface area contributed by atoms with Crippen LogP contribution in [0.15, 0.2) is 41.3 Å². The molecular formula is C28H38N2O11S. The molecule has 2 rings (SSSR count). The number of methoxy groups -OCH3 is 2. The van der Waals surface area contributed by atoms with Gasteiger partial charge < -0.3 is 35.1 Å². The lowest BCUT2D eigenvalue weighted by Gasteiger charge is -2.25. The van der Waals surface area contributed by atoms with E-state index in [9.17, 15) is 33.0 Å². The van der Waals surface area contributed by atoms with Crippen LogP contribution >= 0.6 is 0 Å². The zero-order chi connectivity index (χ0) is 31.7. The van der Waals surface area contributed by atoms with E-state index in [1.54, 1.807) is 39.8 Å². The van der Waals surface area contributed by atoms with Crippen molar-refractivity contribution in [3.05, 3.63) is 58.7 Å². The first-order valence-electron chi connectivity index (χ1n) is 12.9. The molecule has 0 aliphatic heterocycles. The summed E-state index contributed by atoms with van der Waals surface area (Å²) in [6.07, 6.45) is -3.47. The number of aliphatic hydroxyl groups is 2. The highest BCUT2D eigenvalue weighted by molar-refractivity contribution is 7.86. The van der Waals surface area contributed by atoms with Crippen LogP contribution in [0.25, 0.3) is 0 Å². The van der Waals surface area contributed by atoms with Gasteiger partial charge in [-0.25, -0.2) is 9.59 Å². The number of aliphatic hydroxyl groups excluding tert-OH is 2. The third-order valence-electron chi connectivity index (χ3n) is 5.84. The highest BCUT2D eigenvalue weighted by Gasteiger charge is 2.35. The summed E-state index contributed by atoms with van der Waals surface area (Å²) in [5.41, 5.74) is 1.05. The van der Waals surface area contributed by atoms with Crippen molar-refractivity contribution in [3.8, 4) is 5.75 Å². The van der Waals surface area contributed by atoms with E-state index in [-0.39, 0.29) is 23.8 Å². The van der Waals surface area contributed by atoms with Gasteiger partial charge in [0.25, 0.3) is 16.0 Å². The molecule has 0 saturated carbocycles. The van der Waals surface area contributed by atoms with E-state index in [0.29, 0.717) is 16.7 Å². The number of amides is 2. The molecule has 0 aliphatic carbocycles. The van der Waals surface area contributed by atoms with Crippen molar-refractivity contribution >= 4 is 28.1 Å². The predicted molar refractivity (Wildman–Crippen MR) is 150 cm³/mol. The van der Waals surface area contributed by atoms with Crippen molar-refractivity contribution in [2.75, 3.05) is 14.2 Å². The Morgan fingerprint density at radius 2 is 1.64 bits per heavy atom. The molecule has 0 radical (unpaired) electrons. The van der Waals surface area contributed by atoms with Crippen LogP contribution in [-0.2, 0) is 53.1 Å². The van der Waals surface area contributed by atoms with Crippen LogP contribution in [0.5, 0.6) is 5.75 Å². The Morgan fingerprint density at radius 3 is 2.17 bits per heavy atom. The lowest BCUT2D eigenvalue weighted by molar-refractivity contribution is -0.144. The molecule has 42 heavy (non-hydrogen) atoms. The molecule has 0 aromatic heterocycles. The Balaban J connectivity index is 2.42. The van der Waals surface area contributed by atoms with Crippen molar-refractivity contribution in [3.63, 3.8) is 0 Å². The highest BCUT2D eigenvalue weighted by atomic mass is 32.2. The first-order chi connectivity index (χ1) is 19.6. The second-order valence-electron chi connectivity index (χ2n) is 10.3. The maximum Gasteiger partial charge on any atom is 0.408 e. The Bertz CT molecular complexity index is 1330. The van der Waals surface area contributed by atoms with Crippen LogP contribution in [0.2, 0.25) is 0 Å². The van der Waals surface area contributed by atoms with Gasteiger partial charge >= 0.3 is 12.1 Å². The number of aryl methyl sites for hydroxylation is 1. The fourth-order valence-electron chi connectivity index (χ4n) is 3.79. The van der Waals surface area contributed by atoms with Crippen LogP contribution in [0.4, 0.5) is 4.79 Å². The maximum atomic E-state index is 13.4. The molecule has 0 spiro atoms. The standard InChI is InChI=1S/C28H38N2O11S/c1-17-7-9-20(10-8-17)42(36,37)41-24(13-22(26(34)39-6)30-27(35)40-28(2,3)4)25(33)29-14-21-19(16-32)11-18(15-31)12-23(21)38-5/h7-12,22,24,31-32H,13-16H2,1-6H3,(H,29,33)(H,30,35)/t22-,24-/m0/s1. The van der Waals surface area contributed by atoms with E-state index >= 15 is 0 Å². The molecule has 2 aromatic rings. The zero-order valence-electron chi connectivity index (χ0n) is 24.4. The highest BCUT2D eigenvalue weighted by Crippen LogP contribution is 2.26. The average Bonchev–Trinajstić information content (AvgIpc) is 2.93. The lowest BCUT2D eigenvalue weighted by Crippen LogP contribution is -2.49. The predicted octanol–water partition coefficient (Wildman–Crippen LogP) is 1.83. The van der Waals surface area contributed by atoms with Gasteiger partial charge in [0.05, 0.1) is 32.3 Å². The third-order valence-corrected chi connectivity index (χ3v) is 7.18. The van der Waals surface area contributed by atoms with Crippen LogP contribution in [-0.4, -0.2) is 68.6 Å². The smallest absolute Gasteiger partial charge is 0.408 e. The van der Waals surface area contributed by atoms with E-state index in [1.807, 2.05) is 0 Å². The Morgan fingerprint density at radius 1 is 1.00 bits per heavy atom. The molecule has 2 atom stereocenters. The maximum absolute atomic E-state index is 13.4. The Labute approximate surface area is 245 Å². The molecule has 232 valence electrons. The minimum absolute atomic E-state index is 0.232. The van der Waals surface area contributed by atoms with Gasteiger partial charge in [-0.05, 0) is 57.0 Å². The van der Waals surface area contributed by atoms with Crippen molar-refractivity contribution in [1.29, 1.82) is 0 Å². The monoisotopic (exact) mass is 610 g/mol. The summed E-state index contributed by atoms with van der Waals surface area (Å²) in [5.74, 6) is -1.67. The number of benzene rings is 2. The summed E-state index contributed by atoms with van der Waals surface area (Å²) in [4.78, 5) is 38.2. The normalized spacial score (nSPS) is 13.0. The van der Waals surface area contributed by atoms with Crippen LogP contribution < -0.4 is 15.4 Å². The summed E-state index contributed by atoms with van der Waals surface area (Å²) in [6, 6.07) is 7.22. The number of carbonyl (C=O) groups is 3. The Kier molecular flexibility index (Phi) is 12.3. The first kappa shape index (κ1) is 34.5. The van der Waals surface area contributed by atoms with Crippen LogP contribution in [0, 0.1) is 6.92 Å². The molecule has 2 aromatic carbocycles. The second-order valence-corrected chi connectivity index (χ2v) is 11.9. The fraction of sp³-hybridized carbons (Fsp3) is 0.464. The van der Waals surface area contributed by atoms with Gasteiger partial charge in [-0.3, -0.25) is 8.98 Å². The summed E-state index contributed by atoms with van der Waals surface area (Å²) in [7, 11) is -2.10. The van der Waals surface area contributed by atoms with E-state index in [1.165, 1.54) is 31.4 Å². The number of ether oxygens (including phenoxy) is 3. The van der Waals surface area contributed by atoms with Gasteiger partial charge in [0.2, 0.25) is 0 Å². The van der Waals surface area contributed by atoms with Gasteiger partial charge in [-0.15, -0.1) is 0 Å². The summed E-state index contributed by atoms with van der Waals surface area (Å²) in [6.45, 7) is 5.58. The minimum atomic E-state index is -4.52. The van der Waals surface area contributed by atoms with E-state index in [2.05, 4.69) is 10.6 Å². The first-order valence-corrected chi connectivity index (χ1v) is 14.3. The van der Waals surface area contributed by atoms with Gasteiger partial charge in [-0.1, -0.05) is 23.8 Å². The Hall–Kier alpha value is -3.72. The third kappa shape index (κ3) is 9.98. The minimum Gasteiger partial charge on any atom is -0.496 e. The number of rotatable bonds is 13. The van der Waals surface area contributed by atoms with Gasteiger partial charge in [-0.2, -0.15) is 8.42 Å². The number of alkyl carbamates (subject to hydrolysis) is 1. The molecule has 0 saturated heterocycles. The molecule has 4 N–H and O–H groups in total. The molecular weight excluding hydrogens is 572 g/mol. The van der Waals surface area contributed by atoms with Gasteiger partial charge in [0.15, 0.2) is 6.10 Å². The quantitative estimate of drug-likeness (QED) is 0.191. The van der Waals surface area contributed by atoms with E-state index < -0.39 is 58.9 Å². The summed E-state index contributed by atoms with van der Waals surface area (Å²) in [5, 5.41) is 24.2. The van der Waals surface area contributed by atoms with Crippen molar-refractivity contribution in [1.82, 2.24) is 10.6 Å². The number of hydrogen-bond acceptors (Lipinski definition) is 11. The van der Waals surface area contributed by atoms with E-state index in [0.717, 1.165) is 12.7 Å². The number of carbonyl (C=O) groups excluding carboxylic acids is 3. The molecule has 0 heterocycles. The molecule has 13 nitrogen and oxygen atoms in total. The number of hydrogen-bond donors (Lipinski definition) is 4. The van der Waals surface area contributed by atoms with Crippen LogP contribution in [0.3, 0.4) is 0 Å². The molecule has 2 amide bonds. The van der Waals surface area contributed by atoms with Gasteiger partial charge in [0, 0.05) is 18.5 Å². The van der Waals surface area contributed by atoms with Crippen LogP contribution in [0.1, 0.15) is 49.4 Å². The second kappa shape index (κ2) is 15.0. The zero-order valence-corrected chi connectivity index (χ0v) is 25.2. The summed E-state index contributed by atoms with van der Waals surface area (Å²) >= 11 is 0. The van der Waals surface area contributed by atoms with Crippen molar-refractivity contribution in [2.24, 2.45) is 0 Å². The average molecular weight is 611 g/mol. The molecule has 0 bridgehead atoms. The topological polar surface area (TPSA) is 187 Å². The van der Waals surface area contributed by atoms with Crippen molar-refractivity contribution < 1.29 is 51.4 Å². The van der Waals surface area contributed by atoms with Crippen molar-refractivity contribution in [2.45, 2.75) is 76.5 Å². The van der Waals surface area contributed by atoms with E-state index in [4.69, 9.17) is 18.4 Å². The summed E-state index contributed by atoms with van der Waals surface area (Å²) < 4.78 is 46.9. The number of nitrogens with one attached hydrogen (secondary N) is 2. The molecule has 0 aliphatic rings. The molecule has 0 unspecified atom stereocenters. The number of esters is 1. The van der Waals surface area contributed by atoms with Gasteiger partial charge in [0.1, 0.15) is 17.4 Å². The largest absolute Gasteiger partial charge is 0.496 e. The molecule has 0 fully saturated rings. The SMILES string of the molecule is COC(=O)[C@H](C[C@H](OS(=O)(=O)c1ccc(C)cc1)C(=O)NCc1c(CO)cc(CO)cc1OC)NC(=O)OC(C)(C)C.